The average molecular weight is 600 g/mol. The standard InChI is InChI=1S/C28H27F2N5O4S2/c1-15(23-9-17(12-40-23)25(31)32)34-27(38)18-10-28(30,13-29)14-35(18)24(36)11-33-26(37)16-6-7-22-20(8-16)39-19-4-2-3-5-21(19)41-22/h2-9,12,15,18H,10-11,13-14H2,1H3,(H3,31,32)(H,33,37)(H,34,38)/t15-,18?,28+/m1/s1. The maximum Gasteiger partial charge on any atom is 0.251 e. The molecule has 5 rings (SSSR count). The van der Waals surface area contributed by atoms with Crippen LogP contribution in [0, 0.1) is 5.41 Å². The molecule has 214 valence electrons. The number of carbonyl (C=O) groups is 3. The van der Waals surface area contributed by atoms with E-state index >= 15 is 4.39 Å². The van der Waals surface area contributed by atoms with E-state index in [1.165, 1.54) is 23.1 Å². The lowest BCUT2D eigenvalue weighted by Crippen LogP contribution is -2.49. The smallest absolute Gasteiger partial charge is 0.251 e. The Morgan fingerprint density at radius 2 is 1.93 bits per heavy atom. The van der Waals surface area contributed by atoms with Crippen LogP contribution < -0.4 is 21.1 Å². The number of nitrogens with zero attached hydrogens (tertiary/aromatic N) is 1. The van der Waals surface area contributed by atoms with E-state index in [2.05, 4.69) is 10.6 Å². The van der Waals surface area contributed by atoms with Crippen molar-refractivity contribution in [1.82, 2.24) is 15.5 Å². The van der Waals surface area contributed by atoms with E-state index in [1.807, 2.05) is 24.3 Å². The van der Waals surface area contributed by atoms with Crippen molar-refractivity contribution in [2.24, 2.45) is 5.73 Å². The number of benzene rings is 2. The lowest BCUT2D eigenvalue weighted by atomic mass is 10.0. The third-order valence-electron chi connectivity index (χ3n) is 6.86. The van der Waals surface area contributed by atoms with Gasteiger partial charge in [-0.3, -0.25) is 19.8 Å². The van der Waals surface area contributed by atoms with Crippen molar-refractivity contribution >= 4 is 46.7 Å². The monoisotopic (exact) mass is 599 g/mol. The Balaban J connectivity index is 1.23. The van der Waals surface area contributed by atoms with Crippen LogP contribution in [0.3, 0.4) is 0 Å². The first-order valence-electron chi connectivity index (χ1n) is 12.7. The van der Waals surface area contributed by atoms with E-state index in [-0.39, 0.29) is 11.4 Å². The van der Waals surface area contributed by atoms with Crippen molar-refractivity contribution in [2.75, 3.05) is 19.8 Å². The molecule has 2 aliphatic heterocycles. The molecule has 0 radical (unpaired) electrons. The van der Waals surface area contributed by atoms with Crippen LogP contribution in [0.1, 0.15) is 40.2 Å². The lowest BCUT2D eigenvalue weighted by molar-refractivity contribution is -0.138. The number of halogens is 2. The number of hydrogen-bond donors (Lipinski definition) is 4. The van der Waals surface area contributed by atoms with Gasteiger partial charge in [0.05, 0.1) is 28.9 Å². The van der Waals surface area contributed by atoms with Gasteiger partial charge in [0.25, 0.3) is 5.91 Å². The Kier molecular flexibility index (Phi) is 8.00. The number of hydrogen-bond acceptors (Lipinski definition) is 7. The molecular weight excluding hydrogens is 572 g/mol. The summed E-state index contributed by atoms with van der Waals surface area (Å²) in [6.45, 7) is -0.775. The van der Waals surface area contributed by atoms with Gasteiger partial charge in [-0.15, -0.1) is 11.3 Å². The Morgan fingerprint density at radius 3 is 2.66 bits per heavy atom. The molecule has 13 heteroatoms. The molecule has 1 saturated heterocycles. The number of thiophene rings is 1. The summed E-state index contributed by atoms with van der Waals surface area (Å²) in [5.41, 5.74) is 3.89. The molecule has 0 saturated carbocycles. The lowest BCUT2D eigenvalue weighted by Gasteiger charge is -2.25. The highest BCUT2D eigenvalue weighted by atomic mass is 32.2. The van der Waals surface area contributed by atoms with Crippen molar-refractivity contribution in [3.05, 3.63) is 69.9 Å². The Hall–Kier alpha value is -3.97. The predicted octanol–water partition coefficient (Wildman–Crippen LogP) is 4.17. The van der Waals surface area contributed by atoms with Crippen LogP contribution in [0.25, 0.3) is 0 Å². The molecule has 3 heterocycles. The maximum absolute atomic E-state index is 15.1. The highest BCUT2D eigenvalue weighted by molar-refractivity contribution is 7.99. The van der Waals surface area contributed by atoms with Crippen molar-refractivity contribution in [3.63, 3.8) is 0 Å². The molecule has 1 fully saturated rings. The summed E-state index contributed by atoms with van der Waals surface area (Å²) in [6.07, 6.45) is -0.508. The van der Waals surface area contributed by atoms with Gasteiger partial charge in [-0.1, -0.05) is 23.9 Å². The summed E-state index contributed by atoms with van der Waals surface area (Å²) >= 11 is 2.80. The third-order valence-corrected chi connectivity index (χ3v) is 9.09. The fraction of sp³-hybridized carbons (Fsp3) is 0.286. The number of likely N-dealkylation sites (tertiary alicyclic amines) is 1. The van der Waals surface area contributed by atoms with Gasteiger partial charge in [-0.05, 0) is 43.3 Å². The summed E-state index contributed by atoms with van der Waals surface area (Å²) in [6, 6.07) is 12.3. The zero-order valence-corrected chi connectivity index (χ0v) is 23.5. The van der Waals surface area contributed by atoms with E-state index < -0.39 is 61.7 Å². The van der Waals surface area contributed by atoms with Crippen molar-refractivity contribution in [1.29, 1.82) is 5.41 Å². The largest absolute Gasteiger partial charge is 0.455 e. The molecule has 1 unspecified atom stereocenters. The summed E-state index contributed by atoms with van der Waals surface area (Å²) in [5, 5.41) is 14.5. The molecule has 0 aliphatic carbocycles. The topological polar surface area (TPSA) is 138 Å². The second kappa shape index (κ2) is 11.5. The number of amides is 3. The van der Waals surface area contributed by atoms with Crippen molar-refractivity contribution < 1.29 is 27.9 Å². The number of nitrogen functional groups attached to an aromatic ring is 1. The van der Waals surface area contributed by atoms with Gasteiger partial charge >= 0.3 is 0 Å². The first kappa shape index (κ1) is 28.6. The maximum atomic E-state index is 15.1. The van der Waals surface area contributed by atoms with Crippen LogP contribution in [0.5, 0.6) is 11.5 Å². The van der Waals surface area contributed by atoms with Crippen LogP contribution >= 0.6 is 23.1 Å². The molecule has 0 bridgehead atoms. The summed E-state index contributed by atoms with van der Waals surface area (Å²) in [5.74, 6) is -0.854. The molecule has 1 aromatic heterocycles. The molecule has 9 nitrogen and oxygen atoms in total. The van der Waals surface area contributed by atoms with E-state index in [9.17, 15) is 18.8 Å². The summed E-state index contributed by atoms with van der Waals surface area (Å²) in [7, 11) is 0. The zero-order chi connectivity index (χ0) is 29.3. The van der Waals surface area contributed by atoms with Crippen LogP contribution in [-0.2, 0) is 9.59 Å². The Bertz CT molecular complexity index is 1530. The molecular formula is C28H27F2N5O4S2. The number of nitrogens with two attached hydrogens (primary N) is 1. The van der Waals surface area contributed by atoms with Gasteiger partial charge in [0.2, 0.25) is 11.8 Å². The molecule has 0 spiro atoms. The van der Waals surface area contributed by atoms with Gasteiger partial charge in [0.15, 0.2) is 5.67 Å². The Morgan fingerprint density at radius 1 is 1.17 bits per heavy atom. The molecule has 41 heavy (non-hydrogen) atoms. The summed E-state index contributed by atoms with van der Waals surface area (Å²) < 4.78 is 34.5. The van der Waals surface area contributed by atoms with Gasteiger partial charge in [0, 0.05) is 27.8 Å². The van der Waals surface area contributed by atoms with E-state index in [1.54, 1.807) is 36.6 Å². The molecule has 5 N–H and O–H groups in total. The predicted molar refractivity (Wildman–Crippen MR) is 151 cm³/mol. The number of nitrogens with one attached hydrogen (secondary N) is 3. The van der Waals surface area contributed by atoms with Crippen LogP contribution in [-0.4, -0.2) is 59.9 Å². The zero-order valence-electron chi connectivity index (χ0n) is 21.9. The molecule has 2 aliphatic rings. The number of carbonyl (C=O) groups excluding carboxylic acids is 3. The minimum Gasteiger partial charge on any atom is -0.455 e. The normalized spacial score (nSPS) is 19.9. The minimum atomic E-state index is -2.38. The quantitative estimate of drug-likeness (QED) is 0.177. The van der Waals surface area contributed by atoms with Crippen molar-refractivity contribution in [3.8, 4) is 11.5 Å². The van der Waals surface area contributed by atoms with Crippen LogP contribution in [0.15, 0.2) is 63.7 Å². The van der Waals surface area contributed by atoms with Gasteiger partial charge in [-0.2, -0.15) is 0 Å². The third kappa shape index (κ3) is 6.05. The highest BCUT2D eigenvalue weighted by Gasteiger charge is 2.49. The fourth-order valence-electron chi connectivity index (χ4n) is 4.66. The van der Waals surface area contributed by atoms with E-state index in [0.717, 1.165) is 14.7 Å². The molecule has 3 aromatic rings. The number of ether oxygens (including phenoxy) is 1. The van der Waals surface area contributed by atoms with Crippen LogP contribution in [0.4, 0.5) is 8.78 Å². The number of fused-ring (bicyclic) bond motifs is 2. The van der Waals surface area contributed by atoms with Crippen molar-refractivity contribution in [2.45, 2.75) is 40.9 Å². The van der Waals surface area contributed by atoms with Crippen LogP contribution in [0.2, 0.25) is 0 Å². The SMILES string of the molecule is C[C@@H](NC(=O)C1C[C@](F)(CF)CN1C(=O)CNC(=O)c1ccc2c(c1)Oc1ccccc1S2)c1cc(C(=N)N)cs1. The second-order valence-electron chi connectivity index (χ2n) is 9.90. The minimum absolute atomic E-state index is 0.113. The highest BCUT2D eigenvalue weighted by Crippen LogP contribution is 2.47. The fourth-order valence-corrected chi connectivity index (χ4v) is 6.51. The number of amidine groups is 1. The average Bonchev–Trinajstić information content (AvgIpc) is 3.60. The summed E-state index contributed by atoms with van der Waals surface area (Å²) in [4.78, 5) is 42.5. The number of rotatable bonds is 8. The molecule has 2 aromatic carbocycles. The number of alkyl halides is 2. The second-order valence-corrected chi connectivity index (χ2v) is 11.9. The first-order valence-corrected chi connectivity index (χ1v) is 14.4. The number of para-hydroxylation sites is 1. The molecule has 3 amide bonds. The Labute approximate surface area is 242 Å². The van der Waals surface area contributed by atoms with E-state index in [4.69, 9.17) is 15.9 Å². The first-order chi connectivity index (χ1) is 19.6. The van der Waals surface area contributed by atoms with Gasteiger partial charge in [0.1, 0.15) is 30.1 Å². The molecule has 3 atom stereocenters. The van der Waals surface area contributed by atoms with Gasteiger partial charge in [-0.25, -0.2) is 8.78 Å². The van der Waals surface area contributed by atoms with Gasteiger partial charge < -0.3 is 26.0 Å². The van der Waals surface area contributed by atoms with E-state index in [0.29, 0.717) is 21.9 Å².